The molecule has 3 N–H and O–H groups in total. The lowest BCUT2D eigenvalue weighted by Crippen LogP contribution is -2.48. The average Bonchev–Trinajstić information content (AvgIpc) is 2.92. The Bertz CT molecular complexity index is 1130. The summed E-state index contributed by atoms with van der Waals surface area (Å²) in [5, 5.41) is 11.1. The fourth-order valence-electron chi connectivity index (χ4n) is 3.72. The number of hydrogen-bond acceptors (Lipinski definition) is 7. The average molecular weight is 390 g/mol. The van der Waals surface area contributed by atoms with Crippen LogP contribution in [0.2, 0.25) is 0 Å². The number of aromatic nitrogens is 4. The normalized spacial score (nSPS) is 18.3. The van der Waals surface area contributed by atoms with Crippen molar-refractivity contribution in [3.8, 4) is 0 Å². The Morgan fingerprint density at radius 1 is 1.26 bits per heavy atom. The van der Waals surface area contributed by atoms with Crippen LogP contribution in [0.4, 0.5) is 5.82 Å². The van der Waals surface area contributed by atoms with E-state index in [0.717, 1.165) is 5.52 Å². The molecule has 0 atom stereocenters. The van der Waals surface area contributed by atoms with Crippen molar-refractivity contribution >= 4 is 37.9 Å². The van der Waals surface area contributed by atoms with E-state index in [4.69, 9.17) is 5.73 Å². The monoisotopic (exact) mass is 390 g/mol. The molecule has 1 saturated heterocycles. The summed E-state index contributed by atoms with van der Waals surface area (Å²) in [6, 6.07) is 3.63. The number of nitrogen functional groups attached to an aromatic ring is 1. The van der Waals surface area contributed by atoms with Gasteiger partial charge in [0.1, 0.15) is 22.4 Å². The van der Waals surface area contributed by atoms with Crippen LogP contribution in [0, 0.1) is 6.92 Å². The molecule has 1 fully saturated rings. The van der Waals surface area contributed by atoms with E-state index >= 15 is 0 Å². The van der Waals surface area contributed by atoms with Crippen molar-refractivity contribution in [1.29, 1.82) is 0 Å². The van der Waals surface area contributed by atoms with Crippen molar-refractivity contribution in [2.45, 2.75) is 31.9 Å². The molecule has 27 heavy (non-hydrogen) atoms. The quantitative estimate of drug-likeness (QED) is 0.672. The number of rotatable bonds is 3. The standard InChI is InChI=1S/C17H22N6O3S/c1-11-20-14-15(13-12(21-16(14)18)4-3-7-19-13)23(11)10-17(24)5-8-22(9-6-17)27(2,25)26/h3-4,7,24H,5-6,8-10H2,1-2H3,(H2,18,21). The van der Waals surface area contributed by atoms with Crippen molar-refractivity contribution in [1.82, 2.24) is 23.8 Å². The summed E-state index contributed by atoms with van der Waals surface area (Å²) in [6.45, 7) is 2.73. The molecule has 144 valence electrons. The summed E-state index contributed by atoms with van der Waals surface area (Å²) in [5.41, 5.74) is 7.72. The van der Waals surface area contributed by atoms with E-state index in [1.54, 1.807) is 12.3 Å². The second-order valence-corrected chi connectivity index (χ2v) is 9.18. The summed E-state index contributed by atoms with van der Waals surface area (Å²) in [6.07, 6.45) is 3.58. The largest absolute Gasteiger partial charge is 0.388 e. The van der Waals surface area contributed by atoms with Gasteiger partial charge in [0.05, 0.1) is 23.9 Å². The minimum atomic E-state index is -3.25. The Labute approximate surface area is 156 Å². The fraction of sp³-hybridized carbons (Fsp3) is 0.471. The Hall–Kier alpha value is -2.30. The highest BCUT2D eigenvalue weighted by Crippen LogP contribution is 2.31. The van der Waals surface area contributed by atoms with Gasteiger partial charge >= 0.3 is 0 Å². The van der Waals surface area contributed by atoms with Crippen molar-refractivity contribution in [3.05, 3.63) is 24.2 Å². The molecule has 4 heterocycles. The molecule has 10 heteroatoms. The van der Waals surface area contributed by atoms with Crippen LogP contribution in [-0.2, 0) is 16.6 Å². The third-order valence-electron chi connectivity index (χ3n) is 5.23. The summed E-state index contributed by atoms with van der Waals surface area (Å²) in [5.74, 6) is 1.03. The number of anilines is 1. The van der Waals surface area contributed by atoms with E-state index in [0.29, 0.717) is 60.7 Å². The third-order valence-corrected chi connectivity index (χ3v) is 6.53. The Morgan fingerprint density at radius 3 is 2.63 bits per heavy atom. The van der Waals surface area contributed by atoms with Gasteiger partial charge < -0.3 is 15.4 Å². The molecular formula is C17H22N6O3S. The maximum atomic E-state index is 11.7. The zero-order valence-electron chi connectivity index (χ0n) is 15.3. The summed E-state index contributed by atoms with van der Waals surface area (Å²) >= 11 is 0. The van der Waals surface area contributed by atoms with E-state index in [1.165, 1.54) is 10.6 Å². The van der Waals surface area contributed by atoms with Crippen LogP contribution in [0.3, 0.4) is 0 Å². The van der Waals surface area contributed by atoms with Crippen LogP contribution in [0.25, 0.3) is 22.1 Å². The number of sulfonamides is 1. The minimum absolute atomic E-state index is 0.294. The van der Waals surface area contributed by atoms with Gasteiger partial charge in [0.2, 0.25) is 10.0 Å². The molecule has 3 aromatic rings. The third kappa shape index (κ3) is 3.13. The lowest BCUT2D eigenvalue weighted by molar-refractivity contribution is -0.0188. The van der Waals surface area contributed by atoms with Crippen LogP contribution >= 0.6 is 0 Å². The SMILES string of the molecule is Cc1nc2c(N)nc3cccnc3c2n1CC1(O)CCN(S(C)(=O)=O)CC1. The number of aliphatic hydroxyl groups is 1. The molecule has 4 rings (SSSR count). The molecule has 1 aliphatic heterocycles. The Balaban J connectivity index is 1.76. The Morgan fingerprint density at radius 2 is 1.96 bits per heavy atom. The van der Waals surface area contributed by atoms with E-state index < -0.39 is 15.6 Å². The summed E-state index contributed by atoms with van der Waals surface area (Å²) < 4.78 is 26.8. The molecule has 0 spiro atoms. The molecule has 0 radical (unpaired) electrons. The van der Waals surface area contributed by atoms with Crippen LogP contribution in [0.15, 0.2) is 18.3 Å². The molecule has 9 nitrogen and oxygen atoms in total. The fourth-order valence-corrected chi connectivity index (χ4v) is 4.56. The van der Waals surface area contributed by atoms with Gasteiger partial charge in [0.25, 0.3) is 0 Å². The van der Waals surface area contributed by atoms with Gasteiger partial charge in [-0.2, -0.15) is 0 Å². The first kappa shape index (κ1) is 18.1. The summed E-state index contributed by atoms with van der Waals surface area (Å²) in [7, 11) is -3.25. The molecule has 3 aromatic heterocycles. The first-order chi connectivity index (χ1) is 12.7. The minimum Gasteiger partial charge on any atom is -0.388 e. The molecule has 0 aliphatic carbocycles. The smallest absolute Gasteiger partial charge is 0.211 e. The van der Waals surface area contributed by atoms with Gasteiger partial charge in [-0.1, -0.05) is 0 Å². The number of hydrogen-bond donors (Lipinski definition) is 2. The van der Waals surface area contributed by atoms with E-state index in [-0.39, 0.29) is 0 Å². The maximum absolute atomic E-state index is 11.7. The first-order valence-electron chi connectivity index (χ1n) is 8.72. The zero-order chi connectivity index (χ0) is 19.4. The number of imidazole rings is 1. The lowest BCUT2D eigenvalue weighted by Gasteiger charge is -2.37. The van der Waals surface area contributed by atoms with Gasteiger partial charge in [0, 0.05) is 19.3 Å². The lowest BCUT2D eigenvalue weighted by atomic mass is 9.92. The molecule has 1 aliphatic rings. The highest BCUT2D eigenvalue weighted by atomic mass is 32.2. The Kier molecular flexibility index (Phi) is 4.09. The van der Waals surface area contributed by atoms with Crippen LogP contribution < -0.4 is 5.73 Å². The van der Waals surface area contributed by atoms with Gasteiger partial charge in [-0.05, 0) is 31.9 Å². The predicted octanol–water partition coefficient (Wildman–Crippen LogP) is 0.657. The summed E-state index contributed by atoms with van der Waals surface area (Å²) in [4.78, 5) is 13.3. The molecule has 0 amide bonds. The van der Waals surface area contributed by atoms with Gasteiger partial charge in [-0.25, -0.2) is 22.7 Å². The number of fused-ring (bicyclic) bond motifs is 3. The van der Waals surface area contributed by atoms with E-state index in [1.807, 2.05) is 17.6 Å². The van der Waals surface area contributed by atoms with Gasteiger partial charge in [-0.3, -0.25) is 4.98 Å². The van der Waals surface area contributed by atoms with Crippen LogP contribution in [0.1, 0.15) is 18.7 Å². The number of aryl methyl sites for hydroxylation is 1. The van der Waals surface area contributed by atoms with Crippen molar-refractivity contribution in [2.24, 2.45) is 0 Å². The molecule has 0 bridgehead atoms. The maximum Gasteiger partial charge on any atom is 0.211 e. The van der Waals surface area contributed by atoms with Crippen molar-refractivity contribution in [3.63, 3.8) is 0 Å². The highest BCUT2D eigenvalue weighted by Gasteiger charge is 2.36. The topological polar surface area (TPSA) is 127 Å². The predicted molar refractivity (Wildman–Crippen MR) is 103 cm³/mol. The number of nitrogens with zero attached hydrogens (tertiary/aromatic N) is 5. The van der Waals surface area contributed by atoms with Crippen LogP contribution in [0.5, 0.6) is 0 Å². The second-order valence-electron chi connectivity index (χ2n) is 7.20. The molecule has 0 unspecified atom stereocenters. The van der Waals surface area contributed by atoms with E-state index in [2.05, 4.69) is 15.0 Å². The number of piperidine rings is 1. The van der Waals surface area contributed by atoms with Crippen molar-refractivity contribution in [2.75, 3.05) is 25.1 Å². The van der Waals surface area contributed by atoms with Crippen molar-refractivity contribution < 1.29 is 13.5 Å². The number of pyridine rings is 2. The number of nitrogens with two attached hydrogens (primary N) is 1. The van der Waals surface area contributed by atoms with E-state index in [9.17, 15) is 13.5 Å². The second kappa shape index (κ2) is 6.11. The zero-order valence-corrected chi connectivity index (χ0v) is 16.1. The van der Waals surface area contributed by atoms with Gasteiger partial charge in [0.15, 0.2) is 5.82 Å². The molecule has 0 aromatic carbocycles. The van der Waals surface area contributed by atoms with Crippen LogP contribution in [-0.4, -0.2) is 62.3 Å². The first-order valence-corrected chi connectivity index (χ1v) is 10.6. The molecule has 0 saturated carbocycles. The highest BCUT2D eigenvalue weighted by molar-refractivity contribution is 7.88. The van der Waals surface area contributed by atoms with Gasteiger partial charge in [-0.15, -0.1) is 0 Å². The molecular weight excluding hydrogens is 368 g/mol.